The minimum Gasteiger partial charge on any atom is -0.0654 e. The Morgan fingerprint density at radius 3 is 1.60 bits per heavy atom. The predicted octanol–water partition coefficient (Wildman–Crippen LogP) is 8.36. The Labute approximate surface area is 185 Å². The molecule has 0 aliphatic heterocycles. The van der Waals surface area contributed by atoms with E-state index in [0.29, 0.717) is 0 Å². The van der Waals surface area contributed by atoms with Crippen LogP contribution in [-0.4, -0.2) is 0 Å². The maximum Gasteiger partial charge on any atom is 0.0249 e. The van der Waals surface area contributed by atoms with E-state index in [1.54, 1.807) is 0 Å². The normalized spacial score (nSPS) is 18.6. The highest BCUT2D eigenvalue weighted by Crippen LogP contribution is 2.33. The standard InChI is InChI=1S/C30H40/c1-3-5-6-8-26-11-15-28(16-12-26)18-20-30-23-21-29(22-24-30)19-17-27-13-9-25(7-4-2)10-14-27/h11-12,15-16,21-25,27H,3-10,13-14,17,19H2,1-2H3/t25-,27-. The predicted molar refractivity (Wildman–Crippen MR) is 131 cm³/mol. The van der Waals surface area contributed by atoms with Crippen molar-refractivity contribution in [2.75, 3.05) is 0 Å². The van der Waals surface area contributed by atoms with Gasteiger partial charge in [0.1, 0.15) is 0 Å². The van der Waals surface area contributed by atoms with Crippen molar-refractivity contribution in [3.8, 4) is 11.8 Å². The third-order valence-electron chi connectivity index (χ3n) is 6.83. The highest BCUT2D eigenvalue weighted by atomic mass is 14.3. The lowest BCUT2D eigenvalue weighted by Gasteiger charge is -2.28. The van der Waals surface area contributed by atoms with Gasteiger partial charge in [0.15, 0.2) is 0 Å². The third kappa shape index (κ3) is 7.68. The fourth-order valence-corrected chi connectivity index (χ4v) is 4.82. The van der Waals surface area contributed by atoms with Crippen LogP contribution in [0, 0.1) is 23.7 Å². The Balaban J connectivity index is 1.44. The molecule has 0 atom stereocenters. The van der Waals surface area contributed by atoms with Gasteiger partial charge in [-0.1, -0.05) is 101 Å². The van der Waals surface area contributed by atoms with Crippen LogP contribution < -0.4 is 0 Å². The van der Waals surface area contributed by atoms with Crippen LogP contribution in [-0.2, 0) is 12.8 Å². The topological polar surface area (TPSA) is 0 Å². The van der Waals surface area contributed by atoms with E-state index in [1.807, 2.05) is 0 Å². The monoisotopic (exact) mass is 400 g/mol. The molecule has 0 radical (unpaired) electrons. The Kier molecular flexibility index (Phi) is 9.56. The number of rotatable bonds is 9. The average Bonchev–Trinajstić information content (AvgIpc) is 2.79. The number of hydrogen-bond donors (Lipinski definition) is 0. The minimum atomic E-state index is 0.947. The van der Waals surface area contributed by atoms with Gasteiger partial charge in [-0.2, -0.15) is 0 Å². The molecule has 0 heteroatoms. The summed E-state index contributed by atoms with van der Waals surface area (Å²) in [7, 11) is 0. The molecule has 3 rings (SSSR count). The summed E-state index contributed by atoms with van der Waals surface area (Å²) >= 11 is 0. The van der Waals surface area contributed by atoms with Gasteiger partial charge in [0.25, 0.3) is 0 Å². The summed E-state index contributed by atoms with van der Waals surface area (Å²) in [5.74, 6) is 8.62. The lowest BCUT2D eigenvalue weighted by Crippen LogP contribution is -2.15. The van der Waals surface area contributed by atoms with E-state index in [1.165, 1.54) is 88.2 Å². The van der Waals surface area contributed by atoms with E-state index < -0.39 is 0 Å². The molecule has 0 nitrogen and oxygen atoms in total. The number of hydrogen-bond acceptors (Lipinski definition) is 0. The van der Waals surface area contributed by atoms with E-state index >= 15 is 0 Å². The van der Waals surface area contributed by atoms with Crippen LogP contribution in [0.15, 0.2) is 48.5 Å². The van der Waals surface area contributed by atoms with Crippen LogP contribution in [0.1, 0.15) is 100 Å². The van der Waals surface area contributed by atoms with Gasteiger partial charge >= 0.3 is 0 Å². The van der Waals surface area contributed by atoms with Crippen molar-refractivity contribution in [3.63, 3.8) is 0 Å². The number of aryl methyl sites for hydroxylation is 2. The van der Waals surface area contributed by atoms with Gasteiger partial charge in [0.05, 0.1) is 0 Å². The zero-order valence-electron chi connectivity index (χ0n) is 19.3. The first kappa shape index (κ1) is 22.7. The molecule has 0 aromatic heterocycles. The van der Waals surface area contributed by atoms with Gasteiger partial charge in [-0.15, -0.1) is 0 Å². The number of benzene rings is 2. The SMILES string of the molecule is CCCCCc1ccc(C#Cc2ccc(CC[C@H]3CC[C@H](CCC)CC3)cc2)cc1. The van der Waals surface area contributed by atoms with Gasteiger partial charge in [0.2, 0.25) is 0 Å². The van der Waals surface area contributed by atoms with Crippen LogP contribution >= 0.6 is 0 Å². The molecule has 0 heterocycles. The largest absolute Gasteiger partial charge is 0.0654 e. The summed E-state index contributed by atoms with van der Waals surface area (Å²) in [5.41, 5.74) is 5.12. The summed E-state index contributed by atoms with van der Waals surface area (Å²) in [4.78, 5) is 0. The van der Waals surface area contributed by atoms with Gasteiger partial charge in [-0.05, 0) is 72.9 Å². The van der Waals surface area contributed by atoms with Crippen molar-refractivity contribution in [2.45, 2.75) is 90.9 Å². The van der Waals surface area contributed by atoms with Gasteiger partial charge in [0, 0.05) is 11.1 Å². The van der Waals surface area contributed by atoms with Crippen LogP contribution in [0.25, 0.3) is 0 Å². The second kappa shape index (κ2) is 12.6. The lowest BCUT2D eigenvalue weighted by molar-refractivity contribution is 0.252. The van der Waals surface area contributed by atoms with E-state index in [4.69, 9.17) is 0 Å². The molecule has 160 valence electrons. The summed E-state index contributed by atoms with van der Waals surface area (Å²) < 4.78 is 0. The second-order valence-electron chi connectivity index (χ2n) is 9.32. The van der Waals surface area contributed by atoms with Crippen LogP contribution in [0.5, 0.6) is 0 Å². The molecule has 1 fully saturated rings. The molecule has 0 amide bonds. The quantitative estimate of drug-likeness (QED) is 0.293. The molecule has 1 saturated carbocycles. The zero-order valence-corrected chi connectivity index (χ0v) is 19.3. The van der Waals surface area contributed by atoms with Gasteiger partial charge < -0.3 is 0 Å². The van der Waals surface area contributed by atoms with Crippen LogP contribution in [0.2, 0.25) is 0 Å². The smallest absolute Gasteiger partial charge is 0.0249 e. The molecule has 1 aliphatic rings. The van der Waals surface area contributed by atoms with E-state index in [-0.39, 0.29) is 0 Å². The van der Waals surface area contributed by atoms with Crippen molar-refractivity contribution in [1.82, 2.24) is 0 Å². The highest BCUT2D eigenvalue weighted by Gasteiger charge is 2.20. The number of unbranched alkanes of at least 4 members (excludes halogenated alkanes) is 2. The van der Waals surface area contributed by atoms with E-state index in [2.05, 4.69) is 74.2 Å². The minimum absolute atomic E-state index is 0.947. The molecule has 2 aromatic rings. The van der Waals surface area contributed by atoms with Crippen molar-refractivity contribution in [3.05, 3.63) is 70.8 Å². The molecule has 0 saturated heterocycles. The average molecular weight is 401 g/mol. The van der Waals surface area contributed by atoms with E-state index in [0.717, 1.165) is 23.0 Å². The molecular formula is C30H40. The fraction of sp³-hybridized carbons (Fsp3) is 0.533. The first-order valence-corrected chi connectivity index (χ1v) is 12.5. The summed E-state index contributed by atoms with van der Waals surface area (Å²) in [6.07, 6.45) is 16.3. The Hall–Kier alpha value is -2.00. The molecule has 0 bridgehead atoms. The molecule has 30 heavy (non-hydrogen) atoms. The van der Waals surface area contributed by atoms with Gasteiger partial charge in [-0.25, -0.2) is 0 Å². The highest BCUT2D eigenvalue weighted by molar-refractivity contribution is 5.44. The van der Waals surface area contributed by atoms with Crippen molar-refractivity contribution >= 4 is 0 Å². The van der Waals surface area contributed by atoms with Crippen molar-refractivity contribution in [2.24, 2.45) is 11.8 Å². The van der Waals surface area contributed by atoms with Crippen molar-refractivity contribution < 1.29 is 0 Å². The lowest BCUT2D eigenvalue weighted by atomic mass is 9.78. The van der Waals surface area contributed by atoms with Gasteiger partial charge in [-0.3, -0.25) is 0 Å². The Morgan fingerprint density at radius 2 is 1.10 bits per heavy atom. The zero-order chi connectivity index (χ0) is 21.0. The summed E-state index contributed by atoms with van der Waals surface area (Å²) in [5, 5.41) is 0. The maximum absolute atomic E-state index is 3.33. The van der Waals surface area contributed by atoms with Crippen LogP contribution in [0.4, 0.5) is 0 Å². The first-order chi connectivity index (χ1) is 14.8. The maximum atomic E-state index is 3.33. The summed E-state index contributed by atoms with van der Waals surface area (Å²) in [6, 6.07) is 17.7. The third-order valence-corrected chi connectivity index (χ3v) is 6.83. The fourth-order valence-electron chi connectivity index (χ4n) is 4.82. The van der Waals surface area contributed by atoms with Crippen molar-refractivity contribution in [1.29, 1.82) is 0 Å². The summed E-state index contributed by atoms with van der Waals surface area (Å²) in [6.45, 7) is 4.58. The molecule has 2 aromatic carbocycles. The van der Waals surface area contributed by atoms with E-state index in [9.17, 15) is 0 Å². The second-order valence-corrected chi connectivity index (χ2v) is 9.32. The van der Waals surface area contributed by atoms with Crippen LogP contribution in [0.3, 0.4) is 0 Å². The Morgan fingerprint density at radius 1 is 0.600 bits per heavy atom. The molecule has 0 N–H and O–H groups in total. The molecule has 0 unspecified atom stereocenters. The first-order valence-electron chi connectivity index (χ1n) is 12.5. The Bertz CT molecular complexity index is 777. The molecular weight excluding hydrogens is 360 g/mol. The molecule has 1 aliphatic carbocycles. The molecule has 0 spiro atoms.